The van der Waals surface area contributed by atoms with Crippen molar-refractivity contribution in [1.82, 2.24) is 10.3 Å². The molecule has 5 nitrogen and oxygen atoms in total. The second kappa shape index (κ2) is 7.24. The van der Waals surface area contributed by atoms with E-state index >= 15 is 0 Å². The van der Waals surface area contributed by atoms with Crippen LogP contribution in [0.25, 0.3) is 0 Å². The Morgan fingerprint density at radius 2 is 2.24 bits per heavy atom. The number of aliphatic carboxylic acids is 1. The zero-order chi connectivity index (χ0) is 12.7. The van der Waals surface area contributed by atoms with Gasteiger partial charge in [0.1, 0.15) is 0 Å². The minimum absolute atomic E-state index is 0.154. The Labute approximate surface area is 105 Å². The summed E-state index contributed by atoms with van der Waals surface area (Å²) < 4.78 is 0. The van der Waals surface area contributed by atoms with Gasteiger partial charge >= 0.3 is 5.97 Å². The van der Waals surface area contributed by atoms with E-state index in [-0.39, 0.29) is 6.42 Å². The molecular formula is C11H19N3O2S. The summed E-state index contributed by atoms with van der Waals surface area (Å²) in [5.41, 5.74) is 0. The number of carboxylic acid groups (broad SMARTS) is 1. The van der Waals surface area contributed by atoms with E-state index < -0.39 is 5.97 Å². The minimum atomic E-state index is -0.773. The molecule has 2 N–H and O–H groups in total. The molecule has 0 aliphatic heterocycles. The summed E-state index contributed by atoms with van der Waals surface area (Å²) in [4.78, 5) is 18.0. The summed E-state index contributed by atoms with van der Waals surface area (Å²) in [6.45, 7) is 7.30. The SMILES string of the molecule is CCN(CC)c1ncc(CNCCC(=O)O)s1. The number of hydrogen-bond acceptors (Lipinski definition) is 5. The van der Waals surface area contributed by atoms with Crippen LogP contribution in [0, 0.1) is 0 Å². The maximum atomic E-state index is 10.3. The monoisotopic (exact) mass is 257 g/mol. The number of rotatable bonds is 8. The van der Waals surface area contributed by atoms with Gasteiger partial charge in [-0.1, -0.05) is 0 Å². The first-order valence-corrected chi connectivity index (χ1v) is 6.61. The number of nitrogens with one attached hydrogen (secondary N) is 1. The number of hydrogen-bond donors (Lipinski definition) is 2. The van der Waals surface area contributed by atoms with Crippen molar-refractivity contribution in [2.75, 3.05) is 24.5 Å². The smallest absolute Gasteiger partial charge is 0.304 e. The van der Waals surface area contributed by atoms with E-state index in [9.17, 15) is 4.79 Å². The topological polar surface area (TPSA) is 65.5 Å². The van der Waals surface area contributed by atoms with E-state index in [1.165, 1.54) is 0 Å². The van der Waals surface area contributed by atoms with Crippen LogP contribution in [-0.2, 0) is 11.3 Å². The highest BCUT2D eigenvalue weighted by Gasteiger charge is 2.07. The van der Waals surface area contributed by atoms with Crippen molar-refractivity contribution in [2.45, 2.75) is 26.8 Å². The van der Waals surface area contributed by atoms with Gasteiger partial charge in [-0.25, -0.2) is 4.98 Å². The van der Waals surface area contributed by atoms with Gasteiger partial charge in [0.25, 0.3) is 0 Å². The molecule has 0 aliphatic carbocycles. The third-order valence-corrected chi connectivity index (χ3v) is 3.45. The fourth-order valence-corrected chi connectivity index (χ4v) is 2.43. The molecule has 0 bridgehead atoms. The van der Waals surface area contributed by atoms with Crippen LogP contribution >= 0.6 is 11.3 Å². The lowest BCUT2D eigenvalue weighted by atomic mass is 10.4. The Morgan fingerprint density at radius 1 is 1.53 bits per heavy atom. The predicted molar refractivity (Wildman–Crippen MR) is 69.6 cm³/mol. The number of carbonyl (C=O) groups is 1. The molecule has 0 spiro atoms. The molecule has 0 aliphatic rings. The molecule has 0 saturated heterocycles. The Kier molecular flexibility index (Phi) is 5.93. The molecule has 0 unspecified atom stereocenters. The largest absolute Gasteiger partial charge is 0.481 e. The number of anilines is 1. The van der Waals surface area contributed by atoms with Crippen molar-refractivity contribution >= 4 is 22.4 Å². The normalized spacial score (nSPS) is 10.5. The highest BCUT2D eigenvalue weighted by atomic mass is 32.1. The molecule has 1 aromatic heterocycles. The Balaban J connectivity index is 2.37. The lowest BCUT2D eigenvalue weighted by Crippen LogP contribution is -2.21. The summed E-state index contributed by atoms with van der Waals surface area (Å²) in [6, 6.07) is 0. The standard InChI is InChI=1S/C11H19N3O2S/c1-3-14(4-2)11-13-8-9(17-11)7-12-6-5-10(15)16/h8,12H,3-7H2,1-2H3,(H,15,16). The van der Waals surface area contributed by atoms with Crippen LogP contribution in [0.1, 0.15) is 25.1 Å². The van der Waals surface area contributed by atoms with E-state index in [2.05, 4.69) is 29.0 Å². The van der Waals surface area contributed by atoms with Crippen LogP contribution in [-0.4, -0.2) is 35.7 Å². The maximum Gasteiger partial charge on any atom is 0.304 e. The van der Waals surface area contributed by atoms with E-state index in [1.807, 2.05) is 6.20 Å². The maximum absolute atomic E-state index is 10.3. The molecule has 6 heteroatoms. The first-order chi connectivity index (χ1) is 8.17. The van der Waals surface area contributed by atoms with Crippen molar-refractivity contribution in [1.29, 1.82) is 0 Å². The summed E-state index contributed by atoms with van der Waals surface area (Å²) >= 11 is 1.65. The fourth-order valence-electron chi connectivity index (χ4n) is 1.43. The van der Waals surface area contributed by atoms with Gasteiger partial charge in [-0.15, -0.1) is 11.3 Å². The molecule has 1 aromatic rings. The lowest BCUT2D eigenvalue weighted by Gasteiger charge is -2.16. The molecule has 0 atom stereocenters. The van der Waals surface area contributed by atoms with E-state index in [0.717, 1.165) is 23.1 Å². The van der Waals surface area contributed by atoms with E-state index in [1.54, 1.807) is 11.3 Å². The van der Waals surface area contributed by atoms with Crippen molar-refractivity contribution in [3.63, 3.8) is 0 Å². The molecule has 1 rings (SSSR count). The minimum Gasteiger partial charge on any atom is -0.481 e. The zero-order valence-corrected chi connectivity index (χ0v) is 11.1. The Morgan fingerprint density at radius 3 is 2.82 bits per heavy atom. The van der Waals surface area contributed by atoms with Gasteiger partial charge in [-0.3, -0.25) is 4.79 Å². The third-order valence-electron chi connectivity index (χ3n) is 2.39. The van der Waals surface area contributed by atoms with Gasteiger partial charge in [0.05, 0.1) is 6.42 Å². The van der Waals surface area contributed by atoms with E-state index in [0.29, 0.717) is 13.1 Å². The summed E-state index contributed by atoms with van der Waals surface area (Å²) in [5, 5.41) is 12.6. The molecule has 0 radical (unpaired) electrons. The van der Waals surface area contributed by atoms with Gasteiger partial charge in [-0.05, 0) is 13.8 Å². The highest BCUT2D eigenvalue weighted by molar-refractivity contribution is 7.15. The molecule has 0 fully saturated rings. The van der Waals surface area contributed by atoms with Gasteiger partial charge in [0, 0.05) is 37.3 Å². The van der Waals surface area contributed by atoms with Gasteiger partial charge in [-0.2, -0.15) is 0 Å². The summed E-state index contributed by atoms with van der Waals surface area (Å²) in [6.07, 6.45) is 2.01. The fraction of sp³-hybridized carbons (Fsp3) is 0.636. The van der Waals surface area contributed by atoms with Crippen LogP contribution < -0.4 is 10.2 Å². The first kappa shape index (κ1) is 13.9. The Bertz CT molecular complexity index is 350. The van der Waals surface area contributed by atoms with Crippen LogP contribution in [0.4, 0.5) is 5.13 Å². The molecule has 17 heavy (non-hydrogen) atoms. The average molecular weight is 257 g/mol. The predicted octanol–water partition coefficient (Wildman–Crippen LogP) is 1.55. The zero-order valence-electron chi connectivity index (χ0n) is 10.3. The summed E-state index contributed by atoms with van der Waals surface area (Å²) in [5.74, 6) is -0.773. The molecule has 0 amide bonds. The van der Waals surface area contributed by atoms with Crippen molar-refractivity contribution in [3.8, 4) is 0 Å². The van der Waals surface area contributed by atoms with E-state index in [4.69, 9.17) is 5.11 Å². The quantitative estimate of drug-likeness (QED) is 0.692. The molecular weight excluding hydrogens is 238 g/mol. The Hall–Kier alpha value is -1.14. The van der Waals surface area contributed by atoms with Crippen LogP contribution in [0.2, 0.25) is 0 Å². The molecule has 0 saturated carbocycles. The highest BCUT2D eigenvalue weighted by Crippen LogP contribution is 2.21. The average Bonchev–Trinajstić information content (AvgIpc) is 2.75. The molecule has 1 heterocycles. The number of thiazole rings is 1. The van der Waals surface area contributed by atoms with Crippen LogP contribution in [0.3, 0.4) is 0 Å². The lowest BCUT2D eigenvalue weighted by molar-refractivity contribution is -0.136. The molecule has 0 aromatic carbocycles. The van der Waals surface area contributed by atoms with Gasteiger partial charge in [0.15, 0.2) is 5.13 Å². The first-order valence-electron chi connectivity index (χ1n) is 5.79. The number of carboxylic acids is 1. The van der Waals surface area contributed by atoms with Crippen LogP contribution in [0.5, 0.6) is 0 Å². The molecule has 96 valence electrons. The van der Waals surface area contributed by atoms with Crippen molar-refractivity contribution < 1.29 is 9.90 Å². The second-order valence-electron chi connectivity index (χ2n) is 3.60. The van der Waals surface area contributed by atoms with Crippen LogP contribution in [0.15, 0.2) is 6.20 Å². The number of aromatic nitrogens is 1. The third kappa shape index (κ3) is 4.70. The summed E-state index contributed by atoms with van der Waals surface area (Å²) in [7, 11) is 0. The second-order valence-corrected chi connectivity index (χ2v) is 4.70. The van der Waals surface area contributed by atoms with Gasteiger partial charge < -0.3 is 15.3 Å². The van der Waals surface area contributed by atoms with Crippen molar-refractivity contribution in [3.05, 3.63) is 11.1 Å². The van der Waals surface area contributed by atoms with Gasteiger partial charge in [0.2, 0.25) is 0 Å². The van der Waals surface area contributed by atoms with Crippen molar-refractivity contribution in [2.24, 2.45) is 0 Å². The number of nitrogens with zero attached hydrogens (tertiary/aromatic N) is 2.